The largest absolute Gasteiger partial charge is 0.368 e. The molecule has 2 rings (SSSR count). The molecule has 1 fully saturated rings. The van der Waals surface area contributed by atoms with E-state index in [1.54, 1.807) is 0 Å². The fraction of sp³-hybridized carbons (Fsp3) is 0.462. The van der Waals surface area contributed by atoms with Crippen LogP contribution in [0.4, 0.5) is 0 Å². The van der Waals surface area contributed by atoms with E-state index >= 15 is 0 Å². The third kappa shape index (κ3) is 2.42. The topological polar surface area (TPSA) is 55.1 Å². The number of hydrogen-bond donors (Lipinski definition) is 2. The van der Waals surface area contributed by atoms with Crippen molar-refractivity contribution in [3.63, 3.8) is 0 Å². The van der Waals surface area contributed by atoms with Gasteiger partial charge < -0.3 is 11.1 Å². The highest BCUT2D eigenvalue weighted by atomic mass is 16.1. The third-order valence-electron chi connectivity index (χ3n) is 2.99. The second-order valence-electron chi connectivity index (χ2n) is 4.34. The summed E-state index contributed by atoms with van der Waals surface area (Å²) < 4.78 is 0. The summed E-state index contributed by atoms with van der Waals surface area (Å²) in [7, 11) is 0. The van der Waals surface area contributed by atoms with Gasteiger partial charge in [0, 0.05) is 0 Å². The molecule has 3 nitrogen and oxygen atoms in total. The van der Waals surface area contributed by atoms with Gasteiger partial charge in [-0.05, 0) is 36.4 Å². The standard InChI is InChI=1S/C13H18N2O/c1-2-15-12(13(14)16)11-5-3-4-10(8-11)9-6-7-9/h3-5,8-9,12,15H,2,6-7H2,1H3,(H2,14,16). The molecule has 1 aliphatic rings. The number of hydrogen-bond acceptors (Lipinski definition) is 2. The molecule has 16 heavy (non-hydrogen) atoms. The number of primary amides is 1. The summed E-state index contributed by atoms with van der Waals surface area (Å²) in [6, 6.07) is 7.85. The first-order valence-electron chi connectivity index (χ1n) is 5.85. The highest BCUT2D eigenvalue weighted by Gasteiger charge is 2.25. The van der Waals surface area contributed by atoms with Gasteiger partial charge in [-0.25, -0.2) is 0 Å². The summed E-state index contributed by atoms with van der Waals surface area (Å²) in [6.45, 7) is 2.71. The molecular formula is C13H18N2O. The minimum Gasteiger partial charge on any atom is -0.368 e. The lowest BCUT2D eigenvalue weighted by atomic mass is 10.0. The van der Waals surface area contributed by atoms with Crippen LogP contribution in [0.5, 0.6) is 0 Å². The Hall–Kier alpha value is -1.35. The zero-order valence-corrected chi connectivity index (χ0v) is 9.57. The van der Waals surface area contributed by atoms with Crippen LogP contribution in [-0.2, 0) is 4.79 Å². The highest BCUT2D eigenvalue weighted by molar-refractivity contribution is 5.81. The lowest BCUT2D eigenvalue weighted by Gasteiger charge is -2.15. The van der Waals surface area contributed by atoms with E-state index in [1.165, 1.54) is 18.4 Å². The summed E-state index contributed by atoms with van der Waals surface area (Å²) in [5, 5.41) is 3.11. The predicted octanol–water partition coefficient (Wildman–Crippen LogP) is 1.70. The number of carbonyl (C=O) groups excluding carboxylic acids is 1. The van der Waals surface area contributed by atoms with E-state index in [0.717, 1.165) is 12.1 Å². The minimum atomic E-state index is -0.358. The lowest BCUT2D eigenvalue weighted by Crippen LogP contribution is -2.33. The Balaban J connectivity index is 2.22. The maximum atomic E-state index is 11.3. The van der Waals surface area contributed by atoms with Gasteiger partial charge >= 0.3 is 0 Å². The number of nitrogens with two attached hydrogens (primary N) is 1. The van der Waals surface area contributed by atoms with Crippen LogP contribution < -0.4 is 11.1 Å². The van der Waals surface area contributed by atoms with E-state index in [1.807, 2.05) is 19.1 Å². The monoisotopic (exact) mass is 218 g/mol. The van der Waals surface area contributed by atoms with Crippen molar-refractivity contribution in [3.8, 4) is 0 Å². The Kier molecular flexibility index (Phi) is 3.25. The smallest absolute Gasteiger partial charge is 0.239 e. The number of rotatable bonds is 5. The van der Waals surface area contributed by atoms with Crippen molar-refractivity contribution in [2.45, 2.75) is 31.7 Å². The van der Waals surface area contributed by atoms with Crippen LogP contribution in [0, 0.1) is 0 Å². The van der Waals surface area contributed by atoms with Gasteiger partial charge in [-0.15, -0.1) is 0 Å². The van der Waals surface area contributed by atoms with E-state index < -0.39 is 0 Å². The second-order valence-corrected chi connectivity index (χ2v) is 4.34. The average Bonchev–Trinajstić information content (AvgIpc) is 3.09. The Morgan fingerprint density at radius 1 is 1.56 bits per heavy atom. The molecule has 1 amide bonds. The fourth-order valence-corrected chi connectivity index (χ4v) is 2.00. The average molecular weight is 218 g/mol. The highest BCUT2D eigenvalue weighted by Crippen LogP contribution is 2.40. The molecule has 0 heterocycles. The molecule has 0 saturated heterocycles. The van der Waals surface area contributed by atoms with Crippen LogP contribution in [-0.4, -0.2) is 12.5 Å². The Labute approximate surface area is 96.0 Å². The number of amides is 1. The first kappa shape index (κ1) is 11.1. The van der Waals surface area contributed by atoms with Crippen LogP contribution in [0.3, 0.4) is 0 Å². The van der Waals surface area contributed by atoms with Gasteiger partial charge in [0.15, 0.2) is 0 Å². The van der Waals surface area contributed by atoms with Crippen molar-refractivity contribution in [3.05, 3.63) is 35.4 Å². The third-order valence-corrected chi connectivity index (χ3v) is 2.99. The van der Waals surface area contributed by atoms with E-state index in [9.17, 15) is 4.79 Å². The van der Waals surface area contributed by atoms with Gasteiger partial charge in [0.05, 0.1) is 0 Å². The molecule has 1 atom stereocenters. The molecule has 86 valence electrons. The van der Waals surface area contributed by atoms with Crippen molar-refractivity contribution in [1.82, 2.24) is 5.32 Å². The molecule has 1 aliphatic carbocycles. The maximum absolute atomic E-state index is 11.3. The second kappa shape index (κ2) is 4.66. The molecule has 0 aliphatic heterocycles. The van der Waals surface area contributed by atoms with Gasteiger partial charge in [-0.2, -0.15) is 0 Å². The normalized spacial score (nSPS) is 17.1. The summed E-state index contributed by atoms with van der Waals surface area (Å²) in [4.78, 5) is 11.3. The molecule has 0 bridgehead atoms. The van der Waals surface area contributed by atoms with Crippen molar-refractivity contribution in [1.29, 1.82) is 0 Å². The fourth-order valence-electron chi connectivity index (χ4n) is 2.00. The Bertz CT molecular complexity index is 385. The SMILES string of the molecule is CCNC(C(N)=O)c1cccc(C2CC2)c1. The van der Waals surface area contributed by atoms with Gasteiger partial charge in [0.1, 0.15) is 6.04 Å². The van der Waals surface area contributed by atoms with Gasteiger partial charge in [-0.3, -0.25) is 4.79 Å². The molecule has 0 aromatic heterocycles. The first-order chi connectivity index (χ1) is 7.72. The van der Waals surface area contributed by atoms with Crippen LogP contribution in [0.25, 0.3) is 0 Å². The predicted molar refractivity (Wildman–Crippen MR) is 64.0 cm³/mol. The first-order valence-corrected chi connectivity index (χ1v) is 5.85. The maximum Gasteiger partial charge on any atom is 0.239 e. The van der Waals surface area contributed by atoms with E-state index in [4.69, 9.17) is 5.73 Å². The molecule has 1 aromatic carbocycles. The lowest BCUT2D eigenvalue weighted by molar-refractivity contribution is -0.120. The number of likely N-dealkylation sites (N-methyl/N-ethyl adjacent to an activating group) is 1. The molecule has 3 N–H and O–H groups in total. The Morgan fingerprint density at radius 3 is 2.88 bits per heavy atom. The molecule has 1 aromatic rings. The summed E-state index contributed by atoms with van der Waals surface area (Å²) in [6.07, 6.45) is 2.54. The van der Waals surface area contributed by atoms with Crippen molar-refractivity contribution in [2.24, 2.45) is 5.73 Å². The summed E-state index contributed by atoms with van der Waals surface area (Å²) in [5.74, 6) is 0.393. The molecule has 0 spiro atoms. The van der Waals surface area contributed by atoms with Crippen LogP contribution >= 0.6 is 0 Å². The van der Waals surface area contributed by atoms with E-state index in [-0.39, 0.29) is 11.9 Å². The number of carbonyl (C=O) groups is 1. The molecule has 3 heteroatoms. The Morgan fingerprint density at radius 2 is 2.31 bits per heavy atom. The zero-order chi connectivity index (χ0) is 11.5. The van der Waals surface area contributed by atoms with Crippen molar-refractivity contribution in [2.75, 3.05) is 6.54 Å². The minimum absolute atomic E-state index is 0.310. The van der Waals surface area contributed by atoms with Crippen LogP contribution in [0.2, 0.25) is 0 Å². The van der Waals surface area contributed by atoms with Crippen LogP contribution in [0.1, 0.15) is 42.9 Å². The van der Waals surface area contributed by atoms with Gasteiger partial charge in [0.2, 0.25) is 5.91 Å². The summed E-state index contributed by atoms with van der Waals surface area (Å²) in [5.41, 5.74) is 7.71. The quantitative estimate of drug-likeness (QED) is 0.790. The van der Waals surface area contributed by atoms with Crippen LogP contribution in [0.15, 0.2) is 24.3 Å². The van der Waals surface area contributed by atoms with Crippen molar-refractivity contribution >= 4 is 5.91 Å². The van der Waals surface area contributed by atoms with Gasteiger partial charge in [0.25, 0.3) is 0 Å². The van der Waals surface area contributed by atoms with E-state index in [0.29, 0.717) is 5.92 Å². The van der Waals surface area contributed by atoms with Crippen molar-refractivity contribution < 1.29 is 4.79 Å². The molecule has 1 unspecified atom stereocenters. The van der Waals surface area contributed by atoms with Gasteiger partial charge in [-0.1, -0.05) is 31.2 Å². The molecule has 0 radical (unpaired) electrons. The summed E-state index contributed by atoms with van der Waals surface area (Å²) >= 11 is 0. The zero-order valence-electron chi connectivity index (χ0n) is 9.57. The molecular weight excluding hydrogens is 200 g/mol. The number of benzene rings is 1. The number of nitrogens with one attached hydrogen (secondary N) is 1. The van der Waals surface area contributed by atoms with E-state index in [2.05, 4.69) is 17.4 Å². The molecule has 1 saturated carbocycles.